The molecule has 3 amide bonds. The minimum absolute atomic E-state index is 0.0200. The Morgan fingerprint density at radius 1 is 0.912 bits per heavy atom. The fourth-order valence-electron chi connectivity index (χ4n) is 5.09. The lowest BCUT2D eigenvalue weighted by atomic mass is 9.88. The number of benzene rings is 1. The second kappa shape index (κ2) is 13.4. The Kier molecular flexibility index (Phi) is 10.4. The van der Waals surface area contributed by atoms with E-state index < -0.39 is 0 Å². The first-order valence-electron chi connectivity index (χ1n) is 13.1. The summed E-state index contributed by atoms with van der Waals surface area (Å²) in [5.74, 6) is -0.687. The Balaban J connectivity index is 1.49. The summed E-state index contributed by atoms with van der Waals surface area (Å²) >= 11 is 0. The van der Waals surface area contributed by atoms with E-state index in [9.17, 15) is 18.8 Å². The highest BCUT2D eigenvalue weighted by Crippen LogP contribution is 2.22. The zero-order valence-corrected chi connectivity index (χ0v) is 20.5. The second-order valence-electron chi connectivity index (χ2n) is 9.83. The normalized spacial score (nSPS) is 22.8. The molecule has 0 spiro atoms. The van der Waals surface area contributed by atoms with Crippen molar-refractivity contribution in [2.24, 2.45) is 5.92 Å². The SMILES string of the molecule is CCCCCCCC(=O)N1CCCC(C(=O)N[C@@H]2CCCC[C@H]2NC(=O)c2ccc(F)cc2)C1. The highest BCUT2D eigenvalue weighted by molar-refractivity contribution is 5.94. The van der Waals surface area contributed by atoms with Gasteiger partial charge in [0.1, 0.15) is 5.82 Å². The van der Waals surface area contributed by atoms with Crippen LogP contribution in [0, 0.1) is 11.7 Å². The topological polar surface area (TPSA) is 78.5 Å². The van der Waals surface area contributed by atoms with Crippen molar-refractivity contribution < 1.29 is 18.8 Å². The number of nitrogens with one attached hydrogen (secondary N) is 2. The van der Waals surface area contributed by atoms with Crippen molar-refractivity contribution in [1.82, 2.24) is 15.5 Å². The third-order valence-electron chi connectivity index (χ3n) is 7.16. The molecule has 2 aliphatic rings. The van der Waals surface area contributed by atoms with E-state index in [-0.39, 0.29) is 41.5 Å². The Morgan fingerprint density at radius 2 is 1.59 bits per heavy atom. The van der Waals surface area contributed by atoms with Gasteiger partial charge in [0.05, 0.1) is 5.92 Å². The predicted octanol–water partition coefficient (Wildman–Crippen LogP) is 4.58. The van der Waals surface area contributed by atoms with Crippen LogP contribution >= 0.6 is 0 Å². The molecule has 6 nitrogen and oxygen atoms in total. The second-order valence-corrected chi connectivity index (χ2v) is 9.83. The highest BCUT2D eigenvalue weighted by Gasteiger charge is 2.33. The van der Waals surface area contributed by atoms with E-state index in [4.69, 9.17) is 0 Å². The Labute approximate surface area is 203 Å². The molecule has 0 aromatic heterocycles. The smallest absolute Gasteiger partial charge is 0.251 e. The van der Waals surface area contributed by atoms with Crippen molar-refractivity contribution in [3.63, 3.8) is 0 Å². The molecule has 34 heavy (non-hydrogen) atoms. The van der Waals surface area contributed by atoms with Crippen LogP contribution in [0.5, 0.6) is 0 Å². The van der Waals surface area contributed by atoms with Crippen molar-refractivity contribution in [3.05, 3.63) is 35.6 Å². The van der Waals surface area contributed by atoms with Gasteiger partial charge in [0.2, 0.25) is 11.8 Å². The van der Waals surface area contributed by atoms with Crippen molar-refractivity contribution in [3.8, 4) is 0 Å². The number of carbonyl (C=O) groups is 3. The summed E-state index contributed by atoms with van der Waals surface area (Å²) in [6, 6.07) is 5.21. The van der Waals surface area contributed by atoms with E-state index >= 15 is 0 Å². The van der Waals surface area contributed by atoms with Gasteiger partial charge in [0.15, 0.2) is 0 Å². The molecule has 1 aromatic rings. The zero-order valence-electron chi connectivity index (χ0n) is 20.5. The maximum absolute atomic E-state index is 13.2. The number of unbranched alkanes of at least 4 members (excludes halogenated alkanes) is 4. The average molecular weight is 474 g/mol. The van der Waals surface area contributed by atoms with E-state index in [2.05, 4.69) is 17.6 Å². The van der Waals surface area contributed by atoms with Crippen molar-refractivity contribution in [2.75, 3.05) is 13.1 Å². The maximum Gasteiger partial charge on any atom is 0.251 e. The molecule has 1 aromatic carbocycles. The molecule has 2 fully saturated rings. The van der Waals surface area contributed by atoms with Gasteiger partial charge in [-0.15, -0.1) is 0 Å². The largest absolute Gasteiger partial charge is 0.351 e. The molecule has 0 bridgehead atoms. The highest BCUT2D eigenvalue weighted by atomic mass is 19.1. The Bertz CT molecular complexity index is 814. The molecule has 7 heteroatoms. The molecule has 3 rings (SSSR count). The van der Waals surface area contributed by atoms with Crippen LogP contribution in [0.1, 0.15) is 94.3 Å². The molecule has 188 valence electrons. The first kappa shape index (κ1) is 26.2. The Hall–Kier alpha value is -2.44. The van der Waals surface area contributed by atoms with Crippen LogP contribution in [-0.2, 0) is 9.59 Å². The molecule has 1 saturated carbocycles. The van der Waals surface area contributed by atoms with Gasteiger partial charge in [-0.05, 0) is 56.4 Å². The molecule has 1 heterocycles. The molecular weight excluding hydrogens is 433 g/mol. The van der Waals surface area contributed by atoms with Gasteiger partial charge in [0.25, 0.3) is 5.91 Å². The number of hydrogen-bond acceptors (Lipinski definition) is 3. The van der Waals surface area contributed by atoms with Crippen LogP contribution in [0.4, 0.5) is 4.39 Å². The summed E-state index contributed by atoms with van der Waals surface area (Å²) in [6.07, 6.45) is 11.4. The number of rotatable bonds is 10. The van der Waals surface area contributed by atoms with Gasteiger partial charge >= 0.3 is 0 Å². The minimum Gasteiger partial charge on any atom is -0.351 e. The van der Waals surface area contributed by atoms with E-state index in [1.54, 1.807) is 0 Å². The van der Waals surface area contributed by atoms with Crippen LogP contribution in [0.15, 0.2) is 24.3 Å². The van der Waals surface area contributed by atoms with E-state index in [1.165, 1.54) is 43.5 Å². The van der Waals surface area contributed by atoms with Crippen LogP contribution in [0.3, 0.4) is 0 Å². The molecule has 0 radical (unpaired) electrons. The van der Waals surface area contributed by atoms with Gasteiger partial charge in [0, 0.05) is 37.2 Å². The Morgan fingerprint density at radius 3 is 2.29 bits per heavy atom. The minimum atomic E-state index is -0.379. The van der Waals surface area contributed by atoms with Gasteiger partial charge in [-0.25, -0.2) is 4.39 Å². The summed E-state index contributed by atoms with van der Waals surface area (Å²) in [6.45, 7) is 3.40. The number of halogens is 1. The number of nitrogens with zero attached hydrogens (tertiary/aromatic N) is 1. The lowest BCUT2D eigenvalue weighted by Crippen LogP contribution is -2.55. The summed E-state index contributed by atoms with van der Waals surface area (Å²) in [4.78, 5) is 40.2. The van der Waals surface area contributed by atoms with Crippen LogP contribution < -0.4 is 10.6 Å². The summed E-state index contributed by atoms with van der Waals surface area (Å²) in [5.41, 5.74) is 0.410. The summed E-state index contributed by atoms with van der Waals surface area (Å²) in [7, 11) is 0. The zero-order chi connectivity index (χ0) is 24.3. The lowest BCUT2D eigenvalue weighted by molar-refractivity contribution is -0.136. The first-order chi connectivity index (χ1) is 16.5. The molecule has 1 aliphatic heterocycles. The van der Waals surface area contributed by atoms with Crippen molar-refractivity contribution >= 4 is 17.7 Å². The van der Waals surface area contributed by atoms with Crippen LogP contribution in [-0.4, -0.2) is 47.8 Å². The van der Waals surface area contributed by atoms with Crippen LogP contribution in [0.2, 0.25) is 0 Å². The fourth-order valence-corrected chi connectivity index (χ4v) is 5.09. The van der Waals surface area contributed by atoms with Crippen molar-refractivity contribution in [2.45, 2.75) is 96.1 Å². The standard InChI is InChI=1S/C27H40FN3O3/c1-2-3-4-5-6-13-25(32)31-18-9-10-21(19-31)27(34)30-24-12-8-7-11-23(24)29-26(33)20-14-16-22(28)17-15-20/h14-17,21,23-24H,2-13,18-19H2,1H3,(H,29,33)(H,30,34)/t21?,23-,24-/m1/s1. The molecular formula is C27H40FN3O3. The van der Waals surface area contributed by atoms with Gasteiger partial charge in [-0.1, -0.05) is 45.4 Å². The number of hydrogen-bond donors (Lipinski definition) is 2. The quantitative estimate of drug-likeness (QED) is 0.488. The molecule has 1 unspecified atom stereocenters. The van der Waals surface area contributed by atoms with Gasteiger partial charge < -0.3 is 15.5 Å². The number of amides is 3. The number of likely N-dealkylation sites (tertiary alicyclic amines) is 1. The molecule has 3 atom stereocenters. The third-order valence-corrected chi connectivity index (χ3v) is 7.16. The monoisotopic (exact) mass is 473 g/mol. The van der Waals surface area contributed by atoms with Crippen molar-refractivity contribution in [1.29, 1.82) is 0 Å². The molecule has 1 aliphatic carbocycles. The fraction of sp³-hybridized carbons (Fsp3) is 0.667. The van der Waals surface area contributed by atoms with Crippen LogP contribution in [0.25, 0.3) is 0 Å². The van der Waals surface area contributed by atoms with Gasteiger partial charge in [-0.3, -0.25) is 14.4 Å². The first-order valence-corrected chi connectivity index (χ1v) is 13.1. The maximum atomic E-state index is 13.2. The average Bonchev–Trinajstić information content (AvgIpc) is 2.85. The summed E-state index contributed by atoms with van der Waals surface area (Å²) < 4.78 is 13.2. The van der Waals surface area contributed by atoms with E-state index in [0.717, 1.165) is 57.9 Å². The summed E-state index contributed by atoms with van der Waals surface area (Å²) in [5, 5.41) is 6.22. The number of carbonyl (C=O) groups excluding carboxylic acids is 3. The molecule has 1 saturated heterocycles. The molecule has 2 N–H and O–H groups in total. The lowest BCUT2D eigenvalue weighted by Gasteiger charge is -2.36. The van der Waals surface area contributed by atoms with E-state index in [0.29, 0.717) is 18.5 Å². The van der Waals surface area contributed by atoms with Gasteiger partial charge in [-0.2, -0.15) is 0 Å². The number of piperidine rings is 1. The van der Waals surface area contributed by atoms with E-state index in [1.807, 2.05) is 4.90 Å². The third kappa shape index (κ3) is 7.81. The predicted molar refractivity (Wildman–Crippen MR) is 131 cm³/mol.